The highest BCUT2D eigenvalue weighted by molar-refractivity contribution is 6.79. The molecule has 1 aliphatic rings. The fraction of sp³-hybridized carbons (Fsp3) is 0.625. The van der Waals surface area contributed by atoms with Crippen molar-refractivity contribution in [1.29, 1.82) is 0 Å². The Labute approximate surface area is 113 Å². The normalized spacial score (nSPS) is 18.4. The molecule has 2 heteroatoms. The molecule has 100 valence electrons. The zero-order valence-corrected chi connectivity index (χ0v) is 13.2. The first kappa shape index (κ1) is 13.7. The van der Waals surface area contributed by atoms with Crippen molar-refractivity contribution in [3.8, 4) is 0 Å². The van der Waals surface area contributed by atoms with Gasteiger partial charge in [0.05, 0.1) is 0 Å². The van der Waals surface area contributed by atoms with Crippen molar-refractivity contribution in [3.63, 3.8) is 0 Å². The van der Waals surface area contributed by atoms with Gasteiger partial charge in [0.25, 0.3) is 0 Å². The lowest BCUT2D eigenvalue weighted by Gasteiger charge is -2.43. The molecule has 1 saturated carbocycles. The van der Waals surface area contributed by atoms with Crippen molar-refractivity contribution >= 4 is 13.9 Å². The standard InChI is InChI=1S/C16H27NSi/c1-18(2,3)17(16-13-9-6-10-14-16)15-11-7-4-5-8-12-15/h6,9-10,13-15H,4-5,7-8,11-12H2,1-3H3. The molecule has 1 aromatic rings. The maximum Gasteiger partial charge on any atom is 0.147 e. The van der Waals surface area contributed by atoms with E-state index >= 15 is 0 Å². The second-order valence-corrected chi connectivity index (χ2v) is 11.3. The molecule has 0 spiro atoms. The van der Waals surface area contributed by atoms with Crippen LogP contribution in [0.15, 0.2) is 30.3 Å². The lowest BCUT2D eigenvalue weighted by Crippen LogP contribution is -2.52. The average Bonchev–Trinajstić information content (AvgIpc) is 2.58. The number of anilines is 1. The molecule has 1 aliphatic carbocycles. The summed E-state index contributed by atoms with van der Waals surface area (Å²) in [5, 5.41) is 0. The van der Waals surface area contributed by atoms with Crippen LogP contribution in [0.25, 0.3) is 0 Å². The van der Waals surface area contributed by atoms with Gasteiger partial charge in [-0.15, -0.1) is 0 Å². The molecular formula is C16H27NSi. The summed E-state index contributed by atoms with van der Waals surface area (Å²) >= 11 is 0. The van der Waals surface area contributed by atoms with Crippen LogP contribution in [0, 0.1) is 0 Å². The van der Waals surface area contributed by atoms with Crippen LogP contribution < -0.4 is 4.57 Å². The molecular weight excluding hydrogens is 234 g/mol. The van der Waals surface area contributed by atoms with Gasteiger partial charge in [0, 0.05) is 11.7 Å². The molecule has 0 bridgehead atoms. The van der Waals surface area contributed by atoms with Gasteiger partial charge < -0.3 is 4.57 Å². The van der Waals surface area contributed by atoms with E-state index in [0.717, 1.165) is 6.04 Å². The molecule has 0 unspecified atom stereocenters. The van der Waals surface area contributed by atoms with E-state index in [1.165, 1.54) is 44.2 Å². The Hall–Kier alpha value is -0.763. The Morgan fingerprint density at radius 3 is 1.94 bits per heavy atom. The Morgan fingerprint density at radius 2 is 1.44 bits per heavy atom. The quantitative estimate of drug-likeness (QED) is 0.543. The highest BCUT2D eigenvalue weighted by atomic mass is 28.3. The number of hydrogen-bond donors (Lipinski definition) is 0. The lowest BCUT2D eigenvalue weighted by molar-refractivity contribution is 0.578. The fourth-order valence-corrected chi connectivity index (χ4v) is 5.53. The minimum atomic E-state index is -1.30. The second-order valence-electron chi connectivity index (χ2n) is 6.52. The molecule has 0 N–H and O–H groups in total. The summed E-state index contributed by atoms with van der Waals surface area (Å²) in [7, 11) is -1.30. The molecule has 0 heterocycles. The van der Waals surface area contributed by atoms with E-state index in [1.54, 1.807) is 0 Å². The van der Waals surface area contributed by atoms with Crippen molar-refractivity contribution < 1.29 is 0 Å². The first-order valence-electron chi connectivity index (χ1n) is 7.43. The number of hydrogen-bond acceptors (Lipinski definition) is 1. The Bertz CT molecular complexity index is 347. The topological polar surface area (TPSA) is 3.24 Å². The Kier molecular flexibility index (Phi) is 4.49. The maximum atomic E-state index is 2.79. The lowest BCUT2D eigenvalue weighted by atomic mass is 10.1. The van der Waals surface area contributed by atoms with Gasteiger partial charge in [-0.25, -0.2) is 0 Å². The van der Waals surface area contributed by atoms with Gasteiger partial charge in [0.1, 0.15) is 8.24 Å². The van der Waals surface area contributed by atoms with E-state index in [9.17, 15) is 0 Å². The minimum Gasteiger partial charge on any atom is -0.395 e. The van der Waals surface area contributed by atoms with Gasteiger partial charge in [-0.3, -0.25) is 0 Å². The zero-order chi connectivity index (χ0) is 13.0. The van der Waals surface area contributed by atoms with Crippen LogP contribution >= 0.6 is 0 Å². The second kappa shape index (κ2) is 5.92. The zero-order valence-electron chi connectivity index (χ0n) is 12.2. The van der Waals surface area contributed by atoms with E-state index in [4.69, 9.17) is 0 Å². The van der Waals surface area contributed by atoms with Gasteiger partial charge in [0.15, 0.2) is 0 Å². The van der Waals surface area contributed by atoms with Crippen molar-refractivity contribution in [2.75, 3.05) is 4.57 Å². The number of nitrogens with zero attached hydrogens (tertiary/aromatic N) is 1. The summed E-state index contributed by atoms with van der Waals surface area (Å²) < 4.78 is 2.79. The molecule has 2 rings (SSSR count). The largest absolute Gasteiger partial charge is 0.395 e. The predicted octanol–water partition coefficient (Wildman–Crippen LogP) is 5.05. The summed E-state index contributed by atoms with van der Waals surface area (Å²) in [5.74, 6) is 0. The summed E-state index contributed by atoms with van der Waals surface area (Å²) in [4.78, 5) is 0. The molecule has 1 fully saturated rings. The van der Waals surface area contributed by atoms with E-state index in [2.05, 4.69) is 54.5 Å². The van der Waals surface area contributed by atoms with Gasteiger partial charge in [-0.1, -0.05) is 63.5 Å². The highest BCUT2D eigenvalue weighted by Crippen LogP contribution is 2.30. The van der Waals surface area contributed by atoms with E-state index in [-0.39, 0.29) is 0 Å². The average molecular weight is 261 g/mol. The molecule has 0 aromatic heterocycles. The van der Waals surface area contributed by atoms with Crippen LogP contribution in [0.2, 0.25) is 19.6 Å². The molecule has 0 amide bonds. The number of para-hydroxylation sites is 1. The minimum absolute atomic E-state index is 0.779. The molecule has 0 atom stereocenters. The predicted molar refractivity (Wildman–Crippen MR) is 83.8 cm³/mol. The first-order chi connectivity index (χ1) is 8.59. The first-order valence-corrected chi connectivity index (χ1v) is 10.9. The van der Waals surface area contributed by atoms with Crippen molar-refractivity contribution in [2.24, 2.45) is 0 Å². The van der Waals surface area contributed by atoms with Gasteiger partial charge in [0.2, 0.25) is 0 Å². The molecule has 18 heavy (non-hydrogen) atoms. The third kappa shape index (κ3) is 3.38. The van der Waals surface area contributed by atoms with Crippen LogP contribution in [0.5, 0.6) is 0 Å². The van der Waals surface area contributed by atoms with Crippen LogP contribution in [0.3, 0.4) is 0 Å². The Balaban J connectivity index is 2.25. The van der Waals surface area contributed by atoms with Crippen LogP contribution in [0.1, 0.15) is 38.5 Å². The Morgan fingerprint density at radius 1 is 0.889 bits per heavy atom. The summed E-state index contributed by atoms with van der Waals surface area (Å²) in [6, 6.07) is 11.9. The third-order valence-electron chi connectivity index (χ3n) is 3.95. The van der Waals surface area contributed by atoms with Crippen molar-refractivity contribution in [3.05, 3.63) is 30.3 Å². The van der Waals surface area contributed by atoms with Crippen LogP contribution in [0.4, 0.5) is 5.69 Å². The van der Waals surface area contributed by atoms with E-state index < -0.39 is 8.24 Å². The van der Waals surface area contributed by atoms with Gasteiger partial charge >= 0.3 is 0 Å². The summed E-state index contributed by atoms with van der Waals surface area (Å²) in [6.07, 6.45) is 8.48. The van der Waals surface area contributed by atoms with E-state index in [1.807, 2.05) is 0 Å². The molecule has 1 nitrogen and oxygen atoms in total. The van der Waals surface area contributed by atoms with Gasteiger partial charge in [-0.05, 0) is 25.0 Å². The fourth-order valence-electron chi connectivity index (χ4n) is 3.25. The maximum absolute atomic E-state index is 2.79. The van der Waals surface area contributed by atoms with E-state index in [0.29, 0.717) is 0 Å². The molecule has 0 aliphatic heterocycles. The van der Waals surface area contributed by atoms with Crippen LogP contribution in [-0.4, -0.2) is 14.3 Å². The van der Waals surface area contributed by atoms with Crippen molar-refractivity contribution in [2.45, 2.75) is 64.2 Å². The smallest absolute Gasteiger partial charge is 0.147 e. The number of rotatable bonds is 3. The summed E-state index contributed by atoms with van der Waals surface area (Å²) in [6.45, 7) is 7.43. The van der Waals surface area contributed by atoms with Crippen LogP contribution in [-0.2, 0) is 0 Å². The van der Waals surface area contributed by atoms with Crippen molar-refractivity contribution in [1.82, 2.24) is 0 Å². The third-order valence-corrected chi connectivity index (χ3v) is 6.02. The number of benzene rings is 1. The van der Waals surface area contributed by atoms with Gasteiger partial charge in [-0.2, -0.15) is 0 Å². The SMILES string of the molecule is C[Si](C)(C)N(c1ccccc1)C1CCCCCC1. The molecule has 1 aromatic carbocycles. The monoisotopic (exact) mass is 261 g/mol. The molecule has 0 saturated heterocycles. The highest BCUT2D eigenvalue weighted by Gasteiger charge is 2.30. The summed E-state index contributed by atoms with van der Waals surface area (Å²) in [5.41, 5.74) is 1.45. The molecule has 0 radical (unpaired) electrons.